The maximum atomic E-state index is 5.37. The van der Waals surface area contributed by atoms with Gasteiger partial charge in [-0.2, -0.15) is 0 Å². The highest BCUT2D eigenvalue weighted by Crippen LogP contribution is 2.14. The largest absolute Gasteiger partial charge is 0.379 e. The van der Waals surface area contributed by atoms with E-state index in [1.807, 2.05) is 0 Å². The second kappa shape index (κ2) is 9.23. The van der Waals surface area contributed by atoms with Crippen molar-refractivity contribution < 1.29 is 4.74 Å². The van der Waals surface area contributed by atoms with Crippen LogP contribution in [0.25, 0.3) is 0 Å². The fourth-order valence-electron chi connectivity index (χ4n) is 2.89. The van der Waals surface area contributed by atoms with Crippen molar-refractivity contribution in [2.75, 3.05) is 72.6 Å². The van der Waals surface area contributed by atoms with E-state index in [1.54, 1.807) is 0 Å². The van der Waals surface area contributed by atoms with Gasteiger partial charge < -0.3 is 20.3 Å². The molecule has 2 aliphatic rings. The summed E-state index contributed by atoms with van der Waals surface area (Å²) in [6, 6.07) is 0. The van der Waals surface area contributed by atoms with Crippen LogP contribution in [0.5, 0.6) is 0 Å². The molecule has 0 aliphatic carbocycles. The van der Waals surface area contributed by atoms with Gasteiger partial charge in [-0.15, -0.1) is 0 Å². The van der Waals surface area contributed by atoms with Crippen LogP contribution in [-0.4, -0.2) is 88.4 Å². The van der Waals surface area contributed by atoms with Gasteiger partial charge in [-0.25, -0.2) is 0 Å². The number of hydrogen-bond acceptors (Lipinski definition) is 4. The molecule has 0 aromatic heterocycles. The lowest BCUT2D eigenvalue weighted by Gasteiger charge is -2.26. The van der Waals surface area contributed by atoms with Crippen molar-refractivity contribution in [2.45, 2.75) is 13.3 Å². The Morgan fingerprint density at radius 2 is 2.05 bits per heavy atom. The summed E-state index contributed by atoms with van der Waals surface area (Å²) in [5, 5.41) is 6.78. The smallest absolute Gasteiger partial charge is 0.191 e. The number of morpholine rings is 1. The molecule has 6 nitrogen and oxygen atoms in total. The zero-order valence-electron chi connectivity index (χ0n) is 13.6. The molecule has 0 radical (unpaired) electrons. The standard InChI is InChI=1S/C15H31N5O/c1-3-16-15(18-12-14-4-6-19(2)13-14)17-5-7-20-8-10-21-11-9-20/h14H,3-13H2,1-2H3,(H2,16,17,18). The van der Waals surface area contributed by atoms with Gasteiger partial charge in [0.15, 0.2) is 5.96 Å². The van der Waals surface area contributed by atoms with Gasteiger partial charge in [-0.3, -0.25) is 9.89 Å². The van der Waals surface area contributed by atoms with Crippen LogP contribution in [0.4, 0.5) is 0 Å². The van der Waals surface area contributed by atoms with E-state index in [-0.39, 0.29) is 0 Å². The molecule has 2 saturated heterocycles. The van der Waals surface area contributed by atoms with Crippen LogP contribution >= 0.6 is 0 Å². The molecule has 0 bridgehead atoms. The van der Waals surface area contributed by atoms with Gasteiger partial charge in [0.25, 0.3) is 0 Å². The first-order valence-corrected chi connectivity index (χ1v) is 8.28. The topological polar surface area (TPSA) is 52.1 Å². The Kier molecular flexibility index (Phi) is 7.26. The van der Waals surface area contributed by atoms with Gasteiger partial charge in [-0.05, 0) is 32.9 Å². The monoisotopic (exact) mass is 297 g/mol. The molecule has 0 saturated carbocycles. The van der Waals surface area contributed by atoms with Crippen molar-refractivity contribution in [3.05, 3.63) is 0 Å². The van der Waals surface area contributed by atoms with Crippen molar-refractivity contribution in [3.63, 3.8) is 0 Å². The molecule has 122 valence electrons. The number of likely N-dealkylation sites (tertiary alicyclic amines) is 1. The molecule has 2 rings (SSSR count). The molecule has 2 N–H and O–H groups in total. The number of rotatable bonds is 6. The van der Waals surface area contributed by atoms with Gasteiger partial charge in [0.05, 0.1) is 13.2 Å². The number of nitrogens with zero attached hydrogens (tertiary/aromatic N) is 3. The number of nitrogens with one attached hydrogen (secondary N) is 2. The minimum absolute atomic E-state index is 0.713. The molecule has 2 heterocycles. The van der Waals surface area contributed by atoms with Crippen LogP contribution in [0.1, 0.15) is 13.3 Å². The molecule has 1 atom stereocenters. The molecule has 0 aromatic carbocycles. The summed E-state index contributed by atoms with van der Waals surface area (Å²) in [4.78, 5) is 9.56. The van der Waals surface area contributed by atoms with Crippen LogP contribution in [0.15, 0.2) is 4.99 Å². The zero-order chi connectivity index (χ0) is 14.9. The summed E-state index contributed by atoms with van der Waals surface area (Å²) in [5.41, 5.74) is 0. The first-order chi connectivity index (χ1) is 10.3. The van der Waals surface area contributed by atoms with Crippen molar-refractivity contribution >= 4 is 5.96 Å². The third kappa shape index (κ3) is 6.20. The number of ether oxygens (including phenoxy) is 1. The number of guanidine groups is 1. The number of aliphatic imine (C=N–C) groups is 1. The quantitative estimate of drug-likeness (QED) is 0.526. The van der Waals surface area contributed by atoms with E-state index in [0.29, 0.717) is 5.92 Å². The maximum absolute atomic E-state index is 5.37. The Hall–Kier alpha value is -0.850. The molecule has 0 amide bonds. The summed E-state index contributed by atoms with van der Waals surface area (Å²) in [6.45, 7) is 12.2. The fourth-order valence-corrected chi connectivity index (χ4v) is 2.89. The summed E-state index contributed by atoms with van der Waals surface area (Å²) >= 11 is 0. The normalized spacial score (nSPS) is 25.2. The Morgan fingerprint density at radius 3 is 2.71 bits per heavy atom. The van der Waals surface area contributed by atoms with Crippen LogP contribution in [-0.2, 0) is 4.74 Å². The lowest BCUT2D eigenvalue weighted by molar-refractivity contribution is 0.0389. The van der Waals surface area contributed by atoms with Gasteiger partial charge in [0.1, 0.15) is 0 Å². The zero-order valence-corrected chi connectivity index (χ0v) is 13.6. The van der Waals surface area contributed by atoms with Crippen molar-refractivity contribution in [3.8, 4) is 0 Å². The third-order valence-electron chi connectivity index (χ3n) is 4.16. The predicted octanol–water partition coefficient (Wildman–Crippen LogP) is -0.175. The summed E-state index contributed by atoms with van der Waals surface area (Å²) in [5.74, 6) is 1.67. The summed E-state index contributed by atoms with van der Waals surface area (Å²) in [6.07, 6.45) is 1.27. The average molecular weight is 297 g/mol. The Labute approximate surface area is 128 Å². The highest BCUT2D eigenvalue weighted by molar-refractivity contribution is 5.79. The maximum Gasteiger partial charge on any atom is 0.191 e. The molecule has 2 fully saturated rings. The molecule has 0 aromatic rings. The second-order valence-electron chi connectivity index (χ2n) is 6.02. The first-order valence-electron chi connectivity index (χ1n) is 8.28. The van der Waals surface area contributed by atoms with E-state index in [0.717, 1.165) is 58.4 Å². The third-order valence-corrected chi connectivity index (χ3v) is 4.16. The van der Waals surface area contributed by atoms with Crippen molar-refractivity contribution in [1.82, 2.24) is 20.4 Å². The molecule has 6 heteroatoms. The number of hydrogen-bond donors (Lipinski definition) is 2. The molecule has 1 unspecified atom stereocenters. The van der Waals surface area contributed by atoms with E-state index in [4.69, 9.17) is 9.73 Å². The van der Waals surface area contributed by atoms with Crippen LogP contribution < -0.4 is 10.6 Å². The van der Waals surface area contributed by atoms with Gasteiger partial charge in [0, 0.05) is 45.8 Å². The average Bonchev–Trinajstić information content (AvgIpc) is 2.91. The molecular formula is C15H31N5O. The lowest BCUT2D eigenvalue weighted by atomic mass is 10.1. The summed E-state index contributed by atoms with van der Waals surface area (Å²) in [7, 11) is 2.19. The summed E-state index contributed by atoms with van der Waals surface area (Å²) < 4.78 is 5.37. The SMILES string of the molecule is CCNC(=NCC1CCN(C)C1)NCCN1CCOCC1. The van der Waals surface area contributed by atoms with E-state index in [9.17, 15) is 0 Å². The van der Waals surface area contributed by atoms with Crippen LogP contribution in [0.2, 0.25) is 0 Å². The van der Waals surface area contributed by atoms with E-state index in [1.165, 1.54) is 19.5 Å². The molecule has 2 aliphatic heterocycles. The highest BCUT2D eigenvalue weighted by Gasteiger charge is 2.18. The van der Waals surface area contributed by atoms with Gasteiger partial charge >= 0.3 is 0 Å². The van der Waals surface area contributed by atoms with Gasteiger partial charge in [0.2, 0.25) is 0 Å². The lowest BCUT2D eigenvalue weighted by Crippen LogP contribution is -2.44. The van der Waals surface area contributed by atoms with Crippen LogP contribution in [0, 0.1) is 5.92 Å². The minimum Gasteiger partial charge on any atom is -0.379 e. The van der Waals surface area contributed by atoms with Crippen molar-refractivity contribution in [2.24, 2.45) is 10.9 Å². The van der Waals surface area contributed by atoms with E-state index in [2.05, 4.69) is 34.4 Å². The second-order valence-corrected chi connectivity index (χ2v) is 6.02. The van der Waals surface area contributed by atoms with Crippen molar-refractivity contribution in [1.29, 1.82) is 0 Å². The Bertz CT molecular complexity index is 317. The van der Waals surface area contributed by atoms with Gasteiger partial charge in [-0.1, -0.05) is 0 Å². The predicted molar refractivity (Wildman–Crippen MR) is 86.8 cm³/mol. The Balaban J connectivity index is 1.67. The van der Waals surface area contributed by atoms with E-state index >= 15 is 0 Å². The van der Waals surface area contributed by atoms with E-state index < -0.39 is 0 Å². The minimum atomic E-state index is 0.713. The highest BCUT2D eigenvalue weighted by atomic mass is 16.5. The fraction of sp³-hybridized carbons (Fsp3) is 0.933. The Morgan fingerprint density at radius 1 is 1.24 bits per heavy atom. The molecular weight excluding hydrogens is 266 g/mol. The first kappa shape index (κ1) is 16.5. The van der Waals surface area contributed by atoms with Crippen LogP contribution in [0.3, 0.4) is 0 Å². The molecule has 0 spiro atoms. The molecule has 21 heavy (non-hydrogen) atoms.